The first-order valence-electron chi connectivity index (χ1n) is 7.97. The maximum Gasteiger partial charge on any atom is 0.331 e. The van der Waals surface area contributed by atoms with Crippen LogP contribution in [0.4, 0.5) is 0 Å². The van der Waals surface area contributed by atoms with Gasteiger partial charge in [-0.2, -0.15) is 0 Å². The Morgan fingerprint density at radius 3 is 2.00 bits per heavy atom. The molecule has 0 radical (unpaired) electrons. The molecule has 0 aromatic rings. The summed E-state index contributed by atoms with van der Waals surface area (Å²) in [4.78, 5) is 49.4. The molecule has 0 saturated carbocycles. The molecule has 0 aromatic heterocycles. The van der Waals surface area contributed by atoms with Gasteiger partial charge in [-0.15, -0.1) is 0 Å². The Morgan fingerprint density at radius 2 is 1.60 bits per heavy atom. The van der Waals surface area contributed by atoms with Gasteiger partial charge in [0.25, 0.3) is 0 Å². The van der Waals surface area contributed by atoms with E-state index in [2.05, 4.69) is 0 Å². The molecule has 1 amide bonds. The Morgan fingerprint density at radius 1 is 1.08 bits per heavy atom. The van der Waals surface area contributed by atoms with Crippen molar-refractivity contribution in [3.05, 3.63) is 0 Å². The van der Waals surface area contributed by atoms with E-state index in [1.807, 2.05) is 0 Å². The van der Waals surface area contributed by atoms with Gasteiger partial charge in [0.2, 0.25) is 5.91 Å². The second kappa shape index (κ2) is 9.22. The fourth-order valence-electron chi connectivity index (χ4n) is 1.99. The summed E-state index contributed by atoms with van der Waals surface area (Å²) in [6, 6.07) is 0. The molecule has 0 aliphatic carbocycles. The first-order chi connectivity index (χ1) is 11.2. The molecule has 0 bridgehead atoms. The van der Waals surface area contributed by atoms with Gasteiger partial charge in [0.05, 0.1) is 7.11 Å². The largest absolute Gasteiger partial charge is 0.467 e. The number of carbonyl (C=O) groups excluding carboxylic acids is 4. The maximum atomic E-state index is 12.8. The smallest absolute Gasteiger partial charge is 0.331 e. The minimum absolute atomic E-state index is 0.106. The van der Waals surface area contributed by atoms with E-state index in [1.54, 1.807) is 27.7 Å². The molecule has 0 fully saturated rings. The molecule has 1 atom stereocenters. The van der Waals surface area contributed by atoms with Gasteiger partial charge in [-0.05, 0) is 34.6 Å². The maximum absolute atomic E-state index is 12.8. The fourth-order valence-corrected chi connectivity index (χ4v) is 2.62. The molecule has 25 heavy (non-hydrogen) atoms. The average Bonchev–Trinajstić information content (AvgIpc) is 2.46. The molecule has 0 saturated heterocycles. The van der Waals surface area contributed by atoms with E-state index in [0.717, 1.165) is 16.7 Å². The van der Waals surface area contributed by atoms with Crippen LogP contribution in [0.1, 0.15) is 48.5 Å². The third kappa shape index (κ3) is 7.90. The monoisotopic (exact) mass is 375 g/mol. The molecule has 1 unspecified atom stereocenters. The van der Waals surface area contributed by atoms with Crippen LogP contribution in [0.25, 0.3) is 0 Å². The lowest BCUT2D eigenvalue weighted by atomic mass is 10.00. The van der Waals surface area contributed by atoms with Gasteiger partial charge in [0, 0.05) is 18.6 Å². The van der Waals surface area contributed by atoms with Gasteiger partial charge in [-0.3, -0.25) is 14.4 Å². The Bertz CT molecular complexity index is 524. The third-order valence-electron chi connectivity index (χ3n) is 3.29. The van der Waals surface area contributed by atoms with Crippen molar-refractivity contribution in [3.8, 4) is 0 Å². The molecular weight excluding hydrogens is 346 g/mol. The highest BCUT2D eigenvalue weighted by Gasteiger charge is 2.42. The van der Waals surface area contributed by atoms with Gasteiger partial charge in [0.1, 0.15) is 17.7 Å². The van der Waals surface area contributed by atoms with Gasteiger partial charge < -0.3 is 14.4 Å². The number of carbonyl (C=O) groups is 4. The highest BCUT2D eigenvalue weighted by Crippen LogP contribution is 2.22. The van der Waals surface area contributed by atoms with Crippen LogP contribution in [0.3, 0.4) is 0 Å². The number of esters is 2. The lowest BCUT2D eigenvalue weighted by Gasteiger charge is -2.37. The summed E-state index contributed by atoms with van der Waals surface area (Å²) in [5.41, 5.74) is -2.06. The molecule has 8 heteroatoms. The molecule has 0 rings (SSSR count). The van der Waals surface area contributed by atoms with Gasteiger partial charge >= 0.3 is 11.9 Å². The number of methoxy groups -OCH3 is 1. The second-order valence-corrected chi connectivity index (χ2v) is 8.46. The zero-order valence-electron chi connectivity index (χ0n) is 16.3. The topological polar surface area (TPSA) is 90.0 Å². The minimum atomic E-state index is -1.35. The number of ether oxygens (including phenoxy) is 2. The van der Waals surface area contributed by atoms with Crippen LogP contribution in [0.5, 0.6) is 0 Å². The van der Waals surface area contributed by atoms with Crippen molar-refractivity contribution in [2.24, 2.45) is 5.92 Å². The van der Waals surface area contributed by atoms with Crippen molar-refractivity contribution in [2.45, 2.75) is 59.6 Å². The normalized spacial score (nSPS) is 13.0. The molecule has 7 nitrogen and oxygen atoms in total. The van der Waals surface area contributed by atoms with Crippen molar-refractivity contribution in [1.82, 2.24) is 4.90 Å². The molecule has 0 aliphatic heterocycles. The van der Waals surface area contributed by atoms with Crippen LogP contribution >= 0.6 is 11.8 Å². The molecule has 0 spiro atoms. The number of thioether (sulfide) groups is 1. The number of hydrogen-bond donors (Lipinski definition) is 0. The SMILES string of the molecule is COC(=O)C(C)(C)N(CC(=O)OC(C)(C)C)C(=O)C(C)CSC(C)=O. The molecule has 0 aromatic carbocycles. The highest BCUT2D eigenvalue weighted by molar-refractivity contribution is 8.13. The quantitative estimate of drug-likeness (QED) is 0.629. The van der Waals surface area contributed by atoms with Gasteiger partial charge in [0.15, 0.2) is 5.12 Å². The lowest BCUT2D eigenvalue weighted by Crippen LogP contribution is -2.57. The predicted molar refractivity (Wildman–Crippen MR) is 96.0 cm³/mol. The van der Waals surface area contributed by atoms with E-state index in [0.29, 0.717) is 0 Å². The van der Waals surface area contributed by atoms with Crippen LogP contribution in [0.15, 0.2) is 0 Å². The van der Waals surface area contributed by atoms with Gasteiger partial charge in [-0.25, -0.2) is 4.79 Å². The van der Waals surface area contributed by atoms with Crippen LogP contribution in [-0.4, -0.2) is 58.4 Å². The first kappa shape index (κ1) is 23.4. The van der Waals surface area contributed by atoms with Crippen LogP contribution in [-0.2, 0) is 28.7 Å². The number of hydrogen-bond acceptors (Lipinski definition) is 7. The second-order valence-electron chi connectivity index (χ2n) is 7.27. The van der Waals surface area contributed by atoms with Crippen LogP contribution < -0.4 is 0 Å². The fraction of sp³-hybridized carbons (Fsp3) is 0.765. The predicted octanol–water partition coefficient (Wildman–Crippen LogP) is 2.02. The average molecular weight is 375 g/mol. The summed E-state index contributed by atoms with van der Waals surface area (Å²) in [7, 11) is 1.22. The molecule has 0 aliphatic rings. The standard InChI is InChI=1S/C17H29NO6S/c1-11(10-25-12(2)19)14(21)18(17(6,7)15(22)23-8)9-13(20)24-16(3,4)5/h11H,9-10H2,1-8H3. The molecule has 144 valence electrons. The lowest BCUT2D eigenvalue weighted by molar-refractivity contribution is -0.169. The van der Waals surface area contributed by atoms with E-state index in [4.69, 9.17) is 9.47 Å². The molecular formula is C17H29NO6S. The Hall–Kier alpha value is -1.57. The van der Waals surface area contributed by atoms with E-state index in [1.165, 1.54) is 27.9 Å². The van der Waals surface area contributed by atoms with Crippen molar-refractivity contribution < 1.29 is 28.7 Å². The van der Waals surface area contributed by atoms with E-state index >= 15 is 0 Å². The first-order valence-corrected chi connectivity index (χ1v) is 8.96. The van der Waals surface area contributed by atoms with E-state index < -0.39 is 34.9 Å². The van der Waals surface area contributed by atoms with Crippen LogP contribution in [0.2, 0.25) is 0 Å². The van der Waals surface area contributed by atoms with E-state index in [9.17, 15) is 19.2 Å². The number of rotatable bonds is 7. The summed E-state index contributed by atoms with van der Waals surface area (Å²) in [6.07, 6.45) is 0. The summed E-state index contributed by atoms with van der Waals surface area (Å²) >= 11 is 1.02. The zero-order valence-corrected chi connectivity index (χ0v) is 17.1. The molecule has 0 N–H and O–H groups in total. The summed E-state index contributed by atoms with van der Waals surface area (Å²) in [5, 5.41) is -0.106. The van der Waals surface area contributed by atoms with Crippen molar-refractivity contribution in [2.75, 3.05) is 19.4 Å². The van der Waals surface area contributed by atoms with Crippen LogP contribution in [0, 0.1) is 5.92 Å². The molecule has 0 heterocycles. The summed E-state index contributed by atoms with van der Waals surface area (Å²) < 4.78 is 10.0. The highest BCUT2D eigenvalue weighted by atomic mass is 32.2. The third-order valence-corrected chi connectivity index (χ3v) is 4.36. The van der Waals surface area contributed by atoms with Gasteiger partial charge in [-0.1, -0.05) is 18.7 Å². The Kier molecular flexibility index (Phi) is 8.64. The Balaban J connectivity index is 5.46. The minimum Gasteiger partial charge on any atom is -0.467 e. The number of amides is 1. The number of nitrogens with zero attached hydrogens (tertiary/aromatic N) is 1. The Labute approximate surface area is 153 Å². The van der Waals surface area contributed by atoms with E-state index in [-0.39, 0.29) is 17.4 Å². The van der Waals surface area contributed by atoms with Crippen molar-refractivity contribution in [3.63, 3.8) is 0 Å². The summed E-state index contributed by atoms with van der Waals surface area (Å²) in [5.74, 6) is -1.98. The zero-order chi connectivity index (χ0) is 20.0. The summed E-state index contributed by atoms with van der Waals surface area (Å²) in [6.45, 7) is 10.8. The van der Waals surface area contributed by atoms with Crippen molar-refractivity contribution in [1.29, 1.82) is 0 Å². The van der Waals surface area contributed by atoms with Crippen molar-refractivity contribution >= 4 is 34.7 Å².